The fourth-order valence-corrected chi connectivity index (χ4v) is 2.29. The minimum absolute atomic E-state index is 0.212. The molecule has 0 aliphatic heterocycles. The van der Waals surface area contributed by atoms with E-state index >= 15 is 0 Å². The third kappa shape index (κ3) is 5.11. The smallest absolute Gasteiger partial charge is 0.435 e. The van der Waals surface area contributed by atoms with E-state index in [9.17, 15) is 4.79 Å². The van der Waals surface area contributed by atoms with E-state index in [4.69, 9.17) is 9.47 Å². The van der Waals surface area contributed by atoms with Crippen molar-refractivity contribution in [3.63, 3.8) is 0 Å². The predicted octanol–water partition coefficient (Wildman–Crippen LogP) is 4.32. The first-order valence-corrected chi connectivity index (χ1v) is 6.86. The summed E-state index contributed by atoms with van der Waals surface area (Å²) in [6.45, 7) is 10.7. The lowest BCUT2D eigenvalue weighted by Crippen LogP contribution is -2.14. The minimum Gasteiger partial charge on any atom is -0.435 e. The molecule has 0 aromatic rings. The Labute approximate surface area is 111 Å². The fraction of sp³-hybridized carbons (Fsp3) is 0.800. The van der Waals surface area contributed by atoms with Crippen LogP contribution in [0.1, 0.15) is 53.9 Å². The van der Waals surface area contributed by atoms with Crippen molar-refractivity contribution in [2.45, 2.75) is 60.0 Å². The van der Waals surface area contributed by atoms with Gasteiger partial charge in [-0.2, -0.15) is 0 Å². The molecule has 2 atom stereocenters. The normalized spacial score (nSPS) is 23.4. The lowest BCUT2D eigenvalue weighted by molar-refractivity contribution is 0.0452. The molecule has 1 fully saturated rings. The summed E-state index contributed by atoms with van der Waals surface area (Å²) in [4.78, 5) is 11.1. The van der Waals surface area contributed by atoms with Gasteiger partial charge in [0.05, 0.1) is 6.61 Å². The van der Waals surface area contributed by atoms with Gasteiger partial charge in [-0.25, -0.2) is 4.79 Å². The fourth-order valence-electron chi connectivity index (χ4n) is 2.29. The molecule has 104 valence electrons. The van der Waals surface area contributed by atoms with Crippen LogP contribution in [0.5, 0.6) is 0 Å². The monoisotopic (exact) mass is 254 g/mol. The largest absolute Gasteiger partial charge is 0.508 e. The first-order chi connectivity index (χ1) is 8.35. The van der Waals surface area contributed by atoms with E-state index in [2.05, 4.69) is 20.8 Å². The second-order valence-corrected chi connectivity index (χ2v) is 5.95. The Morgan fingerprint density at radius 1 is 1.50 bits per heavy atom. The van der Waals surface area contributed by atoms with E-state index in [1.54, 1.807) is 6.92 Å². The number of allylic oxidation sites excluding steroid dienone is 1. The molecule has 1 saturated carbocycles. The average molecular weight is 254 g/mol. The molecule has 0 aromatic heterocycles. The molecule has 1 aliphatic carbocycles. The van der Waals surface area contributed by atoms with Crippen LogP contribution in [0.25, 0.3) is 0 Å². The molecule has 1 aliphatic rings. The standard InChI is InChI=1S/C15H26O3/c1-6-17-14(16)18-12(3)9-11(2)7-8-13-10-15(13,4)5/h9,12-13H,6-8,10H2,1-5H3/b11-9+. The summed E-state index contributed by atoms with van der Waals surface area (Å²) in [5, 5.41) is 0. The van der Waals surface area contributed by atoms with Gasteiger partial charge >= 0.3 is 6.16 Å². The Kier molecular flexibility index (Phi) is 5.24. The first kappa shape index (κ1) is 15.1. The number of carbonyl (C=O) groups excluding carboxylic acids is 1. The number of hydrogen-bond acceptors (Lipinski definition) is 3. The Balaban J connectivity index is 2.25. The van der Waals surface area contributed by atoms with Crippen molar-refractivity contribution in [1.82, 2.24) is 0 Å². The summed E-state index contributed by atoms with van der Waals surface area (Å²) >= 11 is 0. The maximum atomic E-state index is 11.1. The van der Waals surface area contributed by atoms with Crippen LogP contribution in [0.15, 0.2) is 11.6 Å². The average Bonchev–Trinajstić information content (AvgIpc) is 2.83. The van der Waals surface area contributed by atoms with Gasteiger partial charge in [-0.05, 0) is 57.4 Å². The van der Waals surface area contributed by atoms with Gasteiger partial charge in [-0.15, -0.1) is 0 Å². The van der Waals surface area contributed by atoms with E-state index in [-0.39, 0.29) is 6.10 Å². The van der Waals surface area contributed by atoms with Crippen molar-refractivity contribution >= 4 is 6.16 Å². The van der Waals surface area contributed by atoms with Gasteiger partial charge in [0.15, 0.2) is 0 Å². The van der Waals surface area contributed by atoms with Crippen LogP contribution >= 0.6 is 0 Å². The van der Waals surface area contributed by atoms with E-state index in [0.717, 1.165) is 12.3 Å². The summed E-state index contributed by atoms with van der Waals surface area (Å²) < 4.78 is 9.83. The molecule has 0 amide bonds. The van der Waals surface area contributed by atoms with Crippen molar-refractivity contribution in [2.24, 2.45) is 11.3 Å². The zero-order valence-corrected chi connectivity index (χ0v) is 12.3. The first-order valence-electron chi connectivity index (χ1n) is 6.86. The van der Waals surface area contributed by atoms with Crippen molar-refractivity contribution in [3.05, 3.63) is 11.6 Å². The summed E-state index contributed by atoms with van der Waals surface area (Å²) in [5.74, 6) is 0.863. The molecule has 2 unspecified atom stereocenters. The van der Waals surface area contributed by atoms with Crippen LogP contribution in [0, 0.1) is 11.3 Å². The van der Waals surface area contributed by atoms with Crippen molar-refractivity contribution in [1.29, 1.82) is 0 Å². The Morgan fingerprint density at radius 2 is 2.11 bits per heavy atom. The maximum absolute atomic E-state index is 11.1. The van der Waals surface area contributed by atoms with Crippen LogP contribution in [0.3, 0.4) is 0 Å². The molecule has 3 nitrogen and oxygen atoms in total. The highest BCUT2D eigenvalue weighted by molar-refractivity contribution is 5.60. The van der Waals surface area contributed by atoms with Crippen molar-refractivity contribution < 1.29 is 14.3 Å². The second-order valence-electron chi connectivity index (χ2n) is 5.95. The molecule has 0 saturated heterocycles. The van der Waals surface area contributed by atoms with Gasteiger partial charge < -0.3 is 9.47 Å². The van der Waals surface area contributed by atoms with E-state index in [1.165, 1.54) is 18.4 Å². The Bertz CT molecular complexity index is 318. The second kappa shape index (κ2) is 6.26. The molecule has 18 heavy (non-hydrogen) atoms. The van der Waals surface area contributed by atoms with Crippen LogP contribution in [0.4, 0.5) is 4.79 Å². The van der Waals surface area contributed by atoms with Crippen LogP contribution in [-0.4, -0.2) is 18.9 Å². The summed E-state index contributed by atoms with van der Waals surface area (Å²) in [6, 6.07) is 0. The number of hydrogen-bond donors (Lipinski definition) is 0. The summed E-state index contributed by atoms with van der Waals surface area (Å²) in [6.07, 6.45) is 4.88. The molecule has 0 bridgehead atoms. The highest BCUT2D eigenvalue weighted by Gasteiger charge is 2.44. The number of ether oxygens (including phenoxy) is 2. The Morgan fingerprint density at radius 3 is 2.61 bits per heavy atom. The van der Waals surface area contributed by atoms with E-state index < -0.39 is 6.16 Å². The molecule has 0 spiro atoms. The quantitative estimate of drug-likeness (QED) is 0.523. The van der Waals surface area contributed by atoms with Gasteiger partial charge in [-0.3, -0.25) is 0 Å². The zero-order valence-electron chi connectivity index (χ0n) is 12.3. The van der Waals surface area contributed by atoms with Gasteiger partial charge in [-0.1, -0.05) is 19.4 Å². The van der Waals surface area contributed by atoms with E-state index in [0.29, 0.717) is 12.0 Å². The minimum atomic E-state index is -0.586. The lowest BCUT2D eigenvalue weighted by Gasteiger charge is -2.10. The summed E-state index contributed by atoms with van der Waals surface area (Å²) in [5.41, 5.74) is 1.84. The van der Waals surface area contributed by atoms with Gasteiger partial charge in [0.2, 0.25) is 0 Å². The molecule has 3 heteroatoms. The number of rotatable bonds is 6. The lowest BCUT2D eigenvalue weighted by atomic mass is 10.0. The third-order valence-electron chi connectivity index (χ3n) is 3.67. The molecule has 0 heterocycles. The van der Waals surface area contributed by atoms with Crippen LogP contribution < -0.4 is 0 Å². The number of carbonyl (C=O) groups is 1. The van der Waals surface area contributed by atoms with Gasteiger partial charge in [0, 0.05) is 0 Å². The van der Waals surface area contributed by atoms with Crippen molar-refractivity contribution in [2.75, 3.05) is 6.61 Å². The van der Waals surface area contributed by atoms with Gasteiger partial charge in [0.25, 0.3) is 0 Å². The molecule has 0 N–H and O–H groups in total. The topological polar surface area (TPSA) is 35.5 Å². The van der Waals surface area contributed by atoms with E-state index in [1.807, 2.05) is 13.0 Å². The third-order valence-corrected chi connectivity index (χ3v) is 3.67. The maximum Gasteiger partial charge on any atom is 0.508 e. The molecular formula is C15H26O3. The molecule has 0 radical (unpaired) electrons. The van der Waals surface area contributed by atoms with Gasteiger partial charge in [0.1, 0.15) is 6.10 Å². The molecule has 0 aromatic carbocycles. The molecule has 1 rings (SSSR count). The summed E-state index contributed by atoms with van der Waals surface area (Å²) in [7, 11) is 0. The zero-order chi connectivity index (χ0) is 13.8. The van der Waals surface area contributed by atoms with Crippen LogP contribution in [-0.2, 0) is 9.47 Å². The highest BCUT2D eigenvalue weighted by atomic mass is 16.7. The van der Waals surface area contributed by atoms with Crippen molar-refractivity contribution in [3.8, 4) is 0 Å². The van der Waals surface area contributed by atoms with Crippen LogP contribution in [0.2, 0.25) is 0 Å². The Hall–Kier alpha value is -0.990. The predicted molar refractivity (Wildman–Crippen MR) is 72.4 cm³/mol. The highest BCUT2D eigenvalue weighted by Crippen LogP contribution is 2.54. The SMILES string of the molecule is CCOC(=O)OC(C)/C=C(\C)CCC1CC1(C)C. The molecular weight excluding hydrogens is 228 g/mol.